The molecule has 0 aliphatic rings. The minimum atomic E-state index is -4.59. The fourth-order valence-corrected chi connectivity index (χ4v) is 1.63. The minimum absolute atomic E-state index is 0.0988. The van der Waals surface area contributed by atoms with Crippen molar-refractivity contribution in [1.29, 1.82) is 0 Å². The first kappa shape index (κ1) is 16.2. The van der Waals surface area contributed by atoms with Crippen LogP contribution in [0.3, 0.4) is 0 Å². The maximum atomic E-state index is 12.5. The first-order valence-corrected chi connectivity index (χ1v) is 5.96. The Morgan fingerprint density at radius 3 is 2.50 bits per heavy atom. The van der Waals surface area contributed by atoms with Gasteiger partial charge in [0.1, 0.15) is 5.69 Å². The second-order valence-corrected chi connectivity index (χ2v) is 4.57. The molecule has 112 valence electrons. The molecule has 0 unspecified atom stereocenters. The number of nitrogens with one attached hydrogen (secondary N) is 1. The molecule has 0 aromatic heterocycles. The third-order valence-electron chi connectivity index (χ3n) is 2.62. The smallest absolute Gasteiger partial charge is 0.379 e. The van der Waals surface area contributed by atoms with Crippen LogP contribution in [0.4, 0.5) is 24.5 Å². The first-order valence-electron chi connectivity index (χ1n) is 5.96. The van der Waals surface area contributed by atoms with Crippen LogP contribution in [0.25, 0.3) is 0 Å². The molecule has 0 aliphatic carbocycles. The van der Waals surface area contributed by atoms with Crippen molar-refractivity contribution < 1.29 is 18.1 Å². The Morgan fingerprint density at radius 2 is 2.00 bits per heavy atom. The molecule has 20 heavy (non-hydrogen) atoms. The molecule has 0 radical (unpaired) electrons. The molecule has 0 bridgehead atoms. The molecule has 0 fully saturated rings. The Morgan fingerprint density at radius 1 is 1.35 bits per heavy atom. The van der Waals surface area contributed by atoms with E-state index in [2.05, 4.69) is 5.32 Å². The van der Waals surface area contributed by atoms with E-state index >= 15 is 0 Å². The topological polar surface area (TPSA) is 58.4 Å². The SMILES string of the molecule is CN(C)CCCNc1ccc(C(F)(F)F)cc1[N+](=O)[O-]. The van der Waals surface area contributed by atoms with Crippen molar-refractivity contribution in [1.82, 2.24) is 4.90 Å². The van der Waals surface area contributed by atoms with Crippen LogP contribution in [0.2, 0.25) is 0 Å². The predicted molar refractivity (Wildman–Crippen MR) is 69.8 cm³/mol. The van der Waals surface area contributed by atoms with Crippen LogP contribution in [0.1, 0.15) is 12.0 Å². The van der Waals surface area contributed by atoms with Gasteiger partial charge >= 0.3 is 6.18 Å². The lowest BCUT2D eigenvalue weighted by molar-refractivity contribution is -0.384. The van der Waals surface area contributed by atoms with Crippen molar-refractivity contribution in [2.75, 3.05) is 32.5 Å². The van der Waals surface area contributed by atoms with Gasteiger partial charge in [0.05, 0.1) is 10.5 Å². The van der Waals surface area contributed by atoms with Crippen molar-refractivity contribution in [2.45, 2.75) is 12.6 Å². The molecule has 0 heterocycles. The molecule has 5 nitrogen and oxygen atoms in total. The summed E-state index contributed by atoms with van der Waals surface area (Å²) in [5.41, 5.74) is -1.49. The molecule has 0 spiro atoms. The maximum Gasteiger partial charge on any atom is 0.416 e. The lowest BCUT2D eigenvalue weighted by Gasteiger charge is -2.12. The van der Waals surface area contributed by atoms with E-state index in [1.807, 2.05) is 19.0 Å². The molecule has 0 atom stereocenters. The highest BCUT2D eigenvalue weighted by Gasteiger charge is 2.32. The number of nitrogens with zero attached hydrogens (tertiary/aromatic N) is 2. The van der Waals surface area contributed by atoms with E-state index in [-0.39, 0.29) is 5.69 Å². The molecule has 1 N–H and O–H groups in total. The van der Waals surface area contributed by atoms with Gasteiger partial charge in [0, 0.05) is 12.6 Å². The van der Waals surface area contributed by atoms with Crippen LogP contribution in [-0.4, -0.2) is 37.0 Å². The third-order valence-corrected chi connectivity index (χ3v) is 2.62. The summed E-state index contributed by atoms with van der Waals surface area (Å²) in [5, 5.41) is 13.6. The van der Waals surface area contributed by atoms with Crippen LogP contribution in [0.15, 0.2) is 18.2 Å². The van der Waals surface area contributed by atoms with Crippen molar-refractivity contribution in [3.63, 3.8) is 0 Å². The standard InChI is InChI=1S/C12H16F3N3O2/c1-17(2)7-3-6-16-10-5-4-9(12(13,14)15)8-11(10)18(19)20/h4-5,8,16H,3,6-7H2,1-2H3. The number of alkyl halides is 3. The summed E-state index contributed by atoms with van der Waals surface area (Å²) in [6, 6.07) is 2.48. The lowest BCUT2D eigenvalue weighted by Crippen LogP contribution is -2.16. The van der Waals surface area contributed by atoms with E-state index in [0.717, 1.165) is 25.1 Å². The number of hydrogen-bond acceptors (Lipinski definition) is 4. The monoisotopic (exact) mass is 291 g/mol. The Balaban J connectivity index is 2.83. The lowest BCUT2D eigenvalue weighted by atomic mass is 10.1. The average Bonchev–Trinajstić information content (AvgIpc) is 2.33. The summed E-state index contributed by atoms with van der Waals surface area (Å²) in [6.45, 7) is 1.23. The van der Waals surface area contributed by atoms with E-state index in [1.165, 1.54) is 0 Å². The highest BCUT2D eigenvalue weighted by Crippen LogP contribution is 2.34. The number of halogens is 3. The van der Waals surface area contributed by atoms with E-state index in [9.17, 15) is 23.3 Å². The zero-order valence-corrected chi connectivity index (χ0v) is 11.2. The molecule has 1 rings (SSSR count). The number of nitro benzene ring substituents is 1. The van der Waals surface area contributed by atoms with E-state index in [0.29, 0.717) is 12.6 Å². The van der Waals surface area contributed by atoms with E-state index in [4.69, 9.17) is 0 Å². The van der Waals surface area contributed by atoms with Gasteiger partial charge in [0.25, 0.3) is 5.69 Å². The largest absolute Gasteiger partial charge is 0.416 e. The van der Waals surface area contributed by atoms with Crippen LogP contribution in [0, 0.1) is 10.1 Å². The number of rotatable bonds is 6. The molecule has 0 amide bonds. The number of hydrogen-bond donors (Lipinski definition) is 1. The van der Waals surface area contributed by atoms with Crippen LogP contribution in [-0.2, 0) is 6.18 Å². The van der Waals surface area contributed by atoms with Crippen molar-refractivity contribution in [3.05, 3.63) is 33.9 Å². The van der Waals surface area contributed by atoms with E-state index < -0.39 is 22.4 Å². The Hall–Kier alpha value is -1.83. The summed E-state index contributed by atoms with van der Waals surface area (Å²) in [4.78, 5) is 12.0. The molecule has 0 aliphatic heterocycles. The molecule has 0 saturated heterocycles. The summed E-state index contributed by atoms with van der Waals surface area (Å²) in [5.74, 6) is 0. The number of benzene rings is 1. The summed E-state index contributed by atoms with van der Waals surface area (Å²) < 4.78 is 37.5. The predicted octanol–water partition coefficient (Wildman–Crippen LogP) is 2.98. The average molecular weight is 291 g/mol. The normalized spacial score (nSPS) is 11.7. The number of anilines is 1. The van der Waals surface area contributed by atoms with Crippen molar-refractivity contribution in [2.24, 2.45) is 0 Å². The quantitative estimate of drug-likeness (QED) is 0.497. The van der Waals surface area contributed by atoms with Gasteiger partial charge in [-0.2, -0.15) is 13.2 Å². The fourth-order valence-electron chi connectivity index (χ4n) is 1.63. The van der Waals surface area contributed by atoms with Gasteiger partial charge < -0.3 is 10.2 Å². The summed E-state index contributed by atoms with van der Waals surface area (Å²) >= 11 is 0. The van der Waals surface area contributed by atoms with Gasteiger partial charge in [-0.1, -0.05) is 0 Å². The van der Waals surface area contributed by atoms with E-state index in [1.54, 1.807) is 0 Å². The maximum absolute atomic E-state index is 12.5. The fraction of sp³-hybridized carbons (Fsp3) is 0.500. The zero-order valence-electron chi connectivity index (χ0n) is 11.2. The van der Waals surface area contributed by atoms with Gasteiger partial charge in [-0.3, -0.25) is 10.1 Å². The molecular formula is C12H16F3N3O2. The third kappa shape index (κ3) is 4.69. The first-order chi connectivity index (χ1) is 9.21. The Kier molecular flexibility index (Phi) is 5.32. The van der Waals surface area contributed by atoms with Gasteiger partial charge in [-0.15, -0.1) is 0 Å². The Bertz CT molecular complexity index is 476. The van der Waals surface area contributed by atoms with Crippen molar-refractivity contribution >= 4 is 11.4 Å². The zero-order chi connectivity index (χ0) is 15.3. The molecule has 8 heteroatoms. The second-order valence-electron chi connectivity index (χ2n) is 4.57. The molecule has 1 aromatic carbocycles. The molecule has 1 aromatic rings. The second kappa shape index (κ2) is 6.56. The highest BCUT2D eigenvalue weighted by atomic mass is 19.4. The minimum Gasteiger partial charge on any atom is -0.379 e. The van der Waals surface area contributed by atoms with Gasteiger partial charge in [-0.25, -0.2) is 0 Å². The van der Waals surface area contributed by atoms with Crippen LogP contribution < -0.4 is 5.32 Å². The molecular weight excluding hydrogens is 275 g/mol. The van der Waals surface area contributed by atoms with Gasteiger partial charge in [0.15, 0.2) is 0 Å². The van der Waals surface area contributed by atoms with Gasteiger partial charge in [0.2, 0.25) is 0 Å². The summed E-state index contributed by atoms with van der Waals surface area (Å²) in [6.07, 6.45) is -3.86. The van der Waals surface area contributed by atoms with Crippen molar-refractivity contribution in [3.8, 4) is 0 Å². The molecule has 0 saturated carbocycles. The van der Waals surface area contributed by atoms with Crippen LogP contribution >= 0.6 is 0 Å². The highest BCUT2D eigenvalue weighted by molar-refractivity contribution is 5.62. The Labute approximate surface area is 114 Å². The van der Waals surface area contributed by atoms with Gasteiger partial charge in [-0.05, 0) is 39.2 Å². The van der Waals surface area contributed by atoms with Crippen LogP contribution in [0.5, 0.6) is 0 Å². The summed E-state index contributed by atoms with van der Waals surface area (Å²) in [7, 11) is 3.78. The number of nitro groups is 1.